The first-order chi connectivity index (χ1) is 8.16. The van der Waals surface area contributed by atoms with Crippen LogP contribution in [0.4, 0.5) is 5.82 Å². The van der Waals surface area contributed by atoms with E-state index in [4.69, 9.17) is 0 Å². The molecule has 2 aliphatic rings. The zero-order valence-electron chi connectivity index (χ0n) is 9.93. The Kier molecular flexibility index (Phi) is 2.87. The number of fused-ring (bicyclic) bond motifs is 2. The lowest BCUT2D eigenvalue weighted by Crippen LogP contribution is -2.45. The van der Waals surface area contributed by atoms with Gasteiger partial charge in [0.05, 0.1) is 10.6 Å². The third-order valence-electron chi connectivity index (χ3n) is 4.02. The second kappa shape index (κ2) is 4.25. The Morgan fingerprint density at radius 3 is 2.65 bits per heavy atom. The minimum atomic E-state index is -0.118. The molecule has 4 heteroatoms. The molecule has 17 heavy (non-hydrogen) atoms. The Balaban J connectivity index is 1.97. The molecule has 1 aromatic heterocycles. The van der Waals surface area contributed by atoms with Gasteiger partial charge in [-0.2, -0.15) is 0 Å². The molecule has 92 valence electrons. The van der Waals surface area contributed by atoms with Crippen LogP contribution in [-0.4, -0.2) is 28.3 Å². The predicted octanol–water partition coefficient (Wildman–Crippen LogP) is 2.64. The van der Waals surface area contributed by atoms with Crippen molar-refractivity contribution in [1.29, 1.82) is 0 Å². The Morgan fingerprint density at radius 1 is 1.35 bits per heavy atom. The lowest BCUT2D eigenvalue weighted by atomic mass is 10.00. The van der Waals surface area contributed by atoms with Crippen LogP contribution < -0.4 is 4.90 Å². The monoisotopic (exact) mass is 296 g/mol. The molecule has 2 saturated heterocycles. The first-order valence-corrected chi connectivity index (χ1v) is 7.03. The molecule has 0 aliphatic carbocycles. The largest absolute Gasteiger partial charge is 0.393 e. The van der Waals surface area contributed by atoms with Crippen LogP contribution in [0.5, 0.6) is 0 Å². The summed E-state index contributed by atoms with van der Waals surface area (Å²) >= 11 is 3.65. The van der Waals surface area contributed by atoms with Gasteiger partial charge >= 0.3 is 0 Å². The molecule has 2 aliphatic heterocycles. The first-order valence-electron chi connectivity index (χ1n) is 6.24. The molecular weight excluding hydrogens is 280 g/mol. The van der Waals surface area contributed by atoms with E-state index < -0.39 is 0 Å². The number of aryl methyl sites for hydroxylation is 1. The van der Waals surface area contributed by atoms with Crippen molar-refractivity contribution in [3.63, 3.8) is 0 Å². The van der Waals surface area contributed by atoms with Gasteiger partial charge in [-0.15, -0.1) is 0 Å². The van der Waals surface area contributed by atoms with Gasteiger partial charge in [0.1, 0.15) is 5.82 Å². The normalized spacial score (nSPS) is 31.9. The van der Waals surface area contributed by atoms with E-state index in [0.717, 1.165) is 23.1 Å². The number of aliphatic hydroxyl groups excluding tert-OH is 1. The van der Waals surface area contributed by atoms with Crippen LogP contribution in [-0.2, 0) is 0 Å². The van der Waals surface area contributed by atoms with Crippen LogP contribution in [0.15, 0.2) is 16.7 Å². The summed E-state index contributed by atoms with van der Waals surface area (Å²) < 4.78 is 1.10. The number of hydrogen-bond donors (Lipinski definition) is 1. The molecule has 0 saturated carbocycles. The summed E-state index contributed by atoms with van der Waals surface area (Å²) in [6.45, 7) is 2.09. The van der Waals surface area contributed by atoms with Gasteiger partial charge in [0.15, 0.2) is 0 Å². The minimum absolute atomic E-state index is 0.118. The van der Waals surface area contributed by atoms with Crippen molar-refractivity contribution in [2.45, 2.75) is 50.8 Å². The number of aromatic nitrogens is 1. The number of pyridine rings is 1. The van der Waals surface area contributed by atoms with E-state index in [1.54, 1.807) is 0 Å². The maximum absolute atomic E-state index is 9.82. The van der Waals surface area contributed by atoms with Crippen molar-refractivity contribution < 1.29 is 5.11 Å². The zero-order chi connectivity index (χ0) is 12.0. The van der Waals surface area contributed by atoms with Crippen LogP contribution >= 0.6 is 15.9 Å². The lowest BCUT2D eigenvalue weighted by Gasteiger charge is -2.38. The quantitative estimate of drug-likeness (QED) is 0.865. The number of nitrogens with zero attached hydrogens (tertiary/aromatic N) is 2. The van der Waals surface area contributed by atoms with Gasteiger partial charge in [-0.3, -0.25) is 0 Å². The molecule has 0 radical (unpaired) electrons. The summed E-state index contributed by atoms with van der Waals surface area (Å²) in [7, 11) is 0. The highest BCUT2D eigenvalue weighted by Gasteiger charge is 2.41. The highest BCUT2D eigenvalue weighted by Crippen LogP contribution is 2.41. The molecule has 0 spiro atoms. The molecule has 2 fully saturated rings. The third-order valence-corrected chi connectivity index (χ3v) is 5.00. The molecule has 3 rings (SSSR count). The molecular formula is C13H17BrN2O. The third kappa shape index (κ3) is 1.87. The molecule has 1 N–H and O–H groups in total. The van der Waals surface area contributed by atoms with E-state index >= 15 is 0 Å². The first kappa shape index (κ1) is 11.5. The van der Waals surface area contributed by atoms with E-state index in [0.29, 0.717) is 12.1 Å². The van der Waals surface area contributed by atoms with Gasteiger partial charge < -0.3 is 10.0 Å². The molecule has 3 nitrogen and oxygen atoms in total. The second-order valence-electron chi connectivity index (χ2n) is 5.18. The van der Waals surface area contributed by atoms with Gasteiger partial charge in [-0.25, -0.2) is 4.98 Å². The average molecular weight is 297 g/mol. The Hall–Kier alpha value is -0.610. The smallest absolute Gasteiger partial charge is 0.143 e. The summed E-state index contributed by atoms with van der Waals surface area (Å²) in [6.07, 6.45) is 5.90. The summed E-state index contributed by atoms with van der Waals surface area (Å²) in [4.78, 5) is 6.95. The van der Waals surface area contributed by atoms with Crippen LogP contribution in [0.2, 0.25) is 0 Å². The highest BCUT2D eigenvalue weighted by molar-refractivity contribution is 9.10. The summed E-state index contributed by atoms with van der Waals surface area (Å²) in [5.41, 5.74) is 1.22. The summed E-state index contributed by atoms with van der Waals surface area (Å²) in [5, 5.41) is 9.82. The van der Waals surface area contributed by atoms with Gasteiger partial charge in [-0.05, 0) is 60.2 Å². The molecule has 2 atom stereocenters. The van der Waals surface area contributed by atoms with Crippen molar-refractivity contribution >= 4 is 21.7 Å². The van der Waals surface area contributed by atoms with E-state index in [9.17, 15) is 5.11 Å². The van der Waals surface area contributed by atoms with E-state index in [1.807, 2.05) is 12.3 Å². The maximum Gasteiger partial charge on any atom is 0.143 e. The number of hydrogen-bond acceptors (Lipinski definition) is 3. The number of piperidine rings is 1. The van der Waals surface area contributed by atoms with Crippen molar-refractivity contribution in [3.05, 3.63) is 22.3 Å². The summed E-state index contributed by atoms with van der Waals surface area (Å²) in [5.74, 6) is 1.06. The van der Waals surface area contributed by atoms with Crippen LogP contribution in [0.1, 0.15) is 31.2 Å². The second-order valence-corrected chi connectivity index (χ2v) is 5.98. The molecule has 0 amide bonds. The van der Waals surface area contributed by atoms with Gasteiger partial charge in [0.2, 0.25) is 0 Å². The highest BCUT2D eigenvalue weighted by atomic mass is 79.9. The Morgan fingerprint density at radius 2 is 2.00 bits per heavy atom. The summed E-state index contributed by atoms with van der Waals surface area (Å²) in [6, 6.07) is 2.96. The van der Waals surface area contributed by atoms with Gasteiger partial charge in [-0.1, -0.05) is 0 Å². The van der Waals surface area contributed by atoms with Crippen molar-refractivity contribution in [3.8, 4) is 0 Å². The van der Waals surface area contributed by atoms with E-state index in [2.05, 4.69) is 32.7 Å². The molecule has 0 aromatic carbocycles. The topological polar surface area (TPSA) is 36.4 Å². The molecule has 3 heterocycles. The van der Waals surface area contributed by atoms with Gasteiger partial charge in [0.25, 0.3) is 0 Å². The number of anilines is 1. The maximum atomic E-state index is 9.82. The fourth-order valence-corrected chi connectivity index (χ4v) is 3.64. The van der Waals surface area contributed by atoms with Crippen LogP contribution in [0.25, 0.3) is 0 Å². The van der Waals surface area contributed by atoms with Crippen molar-refractivity contribution in [1.82, 2.24) is 4.98 Å². The molecule has 2 unspecified atom stereocenters. The molecule has 2 bridgehead atoms. The molecule has 1 aromatic rings. The SMILES string of the molecule is Cc1ccnc(N2C3CCC2CC(O)C3)c1Br. The fraction of sp³-hybridized carbons (Fsp3) is 0.615. The Labute approximate surface area is 110 Å². The van der Waals surface area contributed by atoms with Crippen molar-refractivity contribution in [2.24, 2.45) is 0 Å². The number of aliphatic hydroxyl groups is 1. The standard InChI is InChI=1S/C13H17BrN2O/c1-8-4-5-15-13(12(8)14)16-9-2-3-10(16)7-11(17)6-9/h4-5,9-11,17H,2-3,6-7H2,1H3. The van der Waals surface area contributed by atoms with E-state index in [-0.39, 0.29) is 6.10 Å². The Bertz CT molecular complexity index is 423. The van der Waals surface area contributed by atoms with E-state index in [1.165, 1.54) is 18.4 Å². The van der Waals surface area contributed by atoms with Crippen LogP contribution in [0.3, 0.4) is 0 Å². The van der Waals surface area contributed by atoms with Crippen LogP contribution in [0, 0.1) is 6.92 Å². The fourth-order valence-electron chi connectivity index (χ4n) is 3.20. The zero-order valence-corrected chi connectivity index (χ0v) is 11.5. The lowest BCUT2D eigenvalue weighted by molar-refractivity contribution is 0.126. The predicted molar refractivity (Wildman–Crippen MR) is 71.2 cm³/mol. The minimum Gasteiger partial charge on any atom is -0.393 e. The number of rotatable bonds is 1. The average Bonchev–Trinajstić information content (AvgIpc) is 2.55. The number of halogens is 1. The van der Waals surface area contributed by atoms with Gasteiger partial charge in [0, 0.05) is 18.3 Å². The van der Waals surface area contributed by atoms with Crippen molar-refractivity contribution in [2.75, 3.05) is 4.90 Å².